The Morgan fingerprint density at radius 2 is 2.33 bits per heavy atom. The van der Waals surface area contributed by atoms with Crippen LogP contribution >= 0.6 is 11.3 Å². The maximum Gasteiger partial charge on any atom is 0.179 e. The maximum atomic E-state index is 12.7. The third-order valence-electron chi connectivity index (χ3n) is 1.47. The predicted octanol–water partition coefficient (Wildman–Crippen LogP) is 2.31. The van der Waals surface area contributed by atoms with Crippen molar-refractivity contribution in [1.29, 1.82) is 5.26 Å². The minimum Gasteiger partial charge on any atom is -0.226 e. The minimum absolute atomic E-state index is 0.271. The number of aromatic nitrogens is 1. The largest absolute Gasteiger partial charge is 0.226 e. The molecular weight excluding hydrogens is 175 g/mol. The number of nitriles is 1. The summed E-state index contributed by atoms with van der Waals surface area (Å²) in [5, 5.41) is 8.98. The van der Waals surface area contributed by atoms with E-state index in [1.165, 1.54) is 6.07 Å². The molecule has 58 valence electrons. The van der Waals surface area contributed by atoms with Crippen LogP contribution in [0.4, 0.5) is 4.39 Å². The van der Waals surface area contributed by atoms with Crippen LogP contribution in [-0.4, -0.2) is 4.98 Å². The molecule has 0 aromatic carbocycles. The van der Waals surface area contributed by atoms with Gasteiger partial charge in [0.1, 0.15) is 16.6 Å². The van der Waals surface area contributed by atoms with E-state index in [2.05, 4.69) is 4.98 Å². The number of nitrogens with zero attached hydrogens (tertiary/aromatic N) is 2. The first-order valence-corrected chi connectivity index (χ1v) is 4.07. The average Bonchev–Trinajstić information content (AvgIpc) is 2.43. The molecule has 0 aliphatic carbocycles. The first-order valence-electron chi connectivity index (χ1n) is 3.26. The first-order chi connectivity index (χ1) is 5.79. The van der Waals surface area contributed by atoms with E-state index in [0.29, 0.717) is 10.5 Å². The molecule has 2 nitrogen and oxygen atoms in total. The molecule has 0 unspecified atom stereocenters. The molecular formula is C8H3FN2S. The molecule has 0 saturated carbocycles. The van der Waals surface area contributed by atoms with Gasteiger partial charge in [-0.25, -0.2) is 4.98 Å². The van der Waals surface area contributed by atoms with Crippen molar-refractivity contribution in [2.45, 2.75) is 0 Å². The Morgan fingerprint density at radius 3 is 3.08 bits per heavy atom. The van der Waals surface area contributed by atoms with Crippen molar-refractivity contribution in [2.75, 3.05) is 0 Å². The molecule has 0 saturated heterocycles. The summed E-state index contributed by atoms with van der Waals surface area (Å²) in [7, 11) is 0. The molecule has 12 heavy (non-hydrogen) atoms. The summed E-state index contributed by atoms with van der Waals surface area (Å²) in [6.07, 6.45) is 0. The standard InChI is InChI=1S/C8H3FN2S/c9-7-3-5-1-2-6(4-10)11-8(5)12-7/h1-3H. The van der Waals surface area contributed by atoms with Crippen molar-refractivity contribution < 1.29 is 4.39 Å². The molecule has 4 heteroatoms. The molecule has 0 amide bonds. The molecule has 0 bridgehead atoms. The Morgan fingerprint density at radius 1 is 1.50 bits per heavy atom. The summed E-state index contributed by atoms with van der Waals surface area (Å²) in [4.78, 5) is 4.51. The van der Waals surface area contributed by atoms with Crippen LogP contribution in [0.3, 0.4) is 0 Å². The molecule has 2 aromatic rings. The summed E-state index contributed by atoms with van der Waals surface area (Å²) in [5.74, 6) is 0. The molecule has 0 aliphatic heterocycles. The van der Waals surface area contributed by atoms with Gasteiger partial charge >= 0.3 is 0 Å². The van der Waals surface area contributed by atoms with Crippen LogP contribution in [-0.2, 0) is 0 Å². The van der Waals surface area contributed by atoms with E-state index in [1.54, 1.807) is 12.1 Å². The lowest BCUT2D eigenvalue weighted by Gasteiger charge is -1.86. The normalized spacial score (nSPS) is 10.0. The van der Waals surface area contributed by atoms with E-state index in [-0.39, 0.29) is 5.13 Å². The van der Waals surface area contributed by atoms with Crippen molar-refractivity contribution in [3.63, 3.8) is 0 Å². The highest BCUT2D eigenvalue weighted by Gasteiger charge is 2.02. The van der Waals surface area contributed by atoms with Crippen molar-refractivity contribution in [3.05, 3.63) is 29.0 Å². The molecule has 0 radical (unpaired) electrons. The Balaban J connectivity index is 2.77. The second-order valence-corrected chi connectivity index (χ2v) is 3.23. The van der Waals surface area contributed by atoms with Crippen LogP contribution in [0, 0.1) is 16.5 Å². The molecule has 2 heterocycles. The summed E-state index contributed by atoms with van der Waals surface area (Å²) in [6, 6.07) is 6.59. The van der Waals surface area contributed by atoms with Crippen molar-refractivity contribution >= 4 is 21.6 Å². The van der Waals surface area contributed by atoms with Gasteiger partial charge in [-0.2, -0.15) is 9.65 Å². The first kappa shape index (κ1) is 7.19. The third kappa shape index (κ3) is 1.04. The Hall–Kier alpha value is -1.47. The van der Waals surface area contributed by atoms with Gasteiger partial charge in [0.15, 0.2) is 5.13 Å². The number of pyridine rings is 1. The van der Waals surface area contributed by atoms with E-state index in [9.17, 15) is 4.39 Å². The van der Waals surface area contributed by atoms with Crippen LogP contribution in [0.15, 0.2) is 18.2 Å². The minimum atomic E-state index is -0.271. The van der Waals surface area contributed by atoms with Gasteiger partial charge in [0.25, 0.3) is 0 Å². The van der Waals surface area contributed by atoms with Crippen LogP contribution in [0.25, 0.3) is 10.2 Å². The monoisotopic (exact) mass is 178 g/mol. The van der Waals surface area contributed by atoms with Gasteiger partial charge in [-0.05, 0) is 18.2 Å². The summed E-state index contributed by atoms with van der Waals surface area (Å²) in [5.41, 5.74) is 0.323. The zero-order valence-electron chi connectivity index (χ0n) is 5.91. The summed E-state index contributed by atoms with van der Waals surface area (Å²) < 4.78 is 12.7. The topological polar surface area (TPSA) is 36.7 Å². The van der Waals surface area contributed by atoms with Crippen LogP contribution in [0.2, 0.25) is 0 Å². The second kappa shape index (κ2) is 2.54. The lowest BCUT2D eigenvalue weighted by Crippen LogP contribution is -1.78. The van der Waals surface area contributed by atoms with Crippen LogP contribution < -0.4 is 0 Å². The fourth-order valence-corrected chi connectivity index (χ4v) is 1.71. The zero-order valence-corrected chi connectivity index (χ0v) is 6.73. The van der Waals surface area contributed by atoms with E-state index in [1.807, 2.05) is 6.07 Å². The Kier molecular flexibility index (Phi) is 1.52. The summed E-state index contributed by atoms with van der Waals surface area (Å²) >= 11 is 0.953. The third-order valence-corrected chi connectivity index (χ3v) is 2.30. The van der Waals surface area contributed by atoms with Gasteiger partial charge in [-0.3, -0.25) is 0 Å². The molecule has 0 aliphatic rings. The van der Waals surface area contributed by atoms with Gasteiger partial charge < -0.3 is 0 Å². The van der Waals surface area contributed by atoms with E-state index >= 15 is 0 Å². The highest BCUT2D eigenvalue weighted by Crippen LogP contribution is 2.22. The van der Waals surface area contributed by atoms with Crippen LogP contribution in [0.5, 0.6) is 0 Å². The molecule has 0 spiro atoms. The van der Waals surface area contributed by atoms with E-state index in [4.69, 9.17) is 5.26 Å². The maximum absolute atomic E-state index is 12.7. The van der Waals surface area contributed by atoms with Gasteiger partial charge in [-0.1, -0.05) is 11.3 Å². The lowest BCUT2D eigenvalue weighted by molar-refractivity contribution is 0.658. The number of rotatable bonds is 0. The number of hydrogen-bond acceptors (Lipinski definition) is 3. The zero-order chi connectivity index (χ0) is 8.55. The van der Waals surface area contributed by atoms with E-state index < -0.39 is 0 Å². The Bertz CT molecular complexity index is 469. The van der Waals surface area contributed by atoms with Crippen molar-refractivity contribution in [2.24, 2.45) is 0 Å². The predicted molar refractivity (Wildman–Crippen MR) is 44.3 cm³/mol. The smallest absolute Gasteiger partial charge is 0.179 e. The summed E-state index contributed by atoms with van der Waals surface area (Å²) in [6.45, 7) is 0. The fraction of sp³-hybridized carbons (Fsp3) is 0. The number of hydrogen-bond donors (Lipinski definition) is 0. The number of halogens is 1. The second-order valence-electron chi connectivity index (χ2n) is 2.25. The average molecular weight is 178 g/mol. The quantitative estimate of drug-likeness (QED) is 0.620. The number of thiophene rings is 1. The van der Waals surface area contributed by atoms with Gasteiger partial charge in [0, 0.05) is 5.39 Å². The molecule has 0 N–H and O–H groups in total. The SMILES string of the molecule is N#Cc1ccc2cc(F)sc2n1. The molecule has 2 rings (SSSR count). The highest BCUT2D eigenvalue weighted by atomic mass is 32.1. The number of fused-ring (bicyclic) bond motifs is 1. The van der Waals surface area contributed by atoms with Crippen molar-refractivity contribution in [1.82, 2.24) is 4.98 Å². The highest BCUT2D eigenvalue weighted by molar-refractivity contribution is 7.17. The Labute approximate surface area is 71.9 Å². The molecule has 0 fully saturated rings. The molecule has 2 aromatic heterocycles. The van der Waals surface area contributed by atoms with Gasteiger partial charge in [0.05, 0.1) is 0 Å². The van der Waals surface area contributed by atoms with Gasteiger partial charge in [0.2, 0.25) is 0 Å². The molecule has 0 atom stereocenters. The lowest BCUT2D eigenvalue weighted by atomic mass is 10.3. The van der Waals surface area contributed by atoms with Gasteiger partial charge in [-0.15, -0.1) is 0 Å². The fourth-order valence-electron chi connectivity index (χ4n) is 0.949. The van der Waals surface area contributed by atoms with E-state index in [0.717, 1.165) is 16.7 Å². The van der Waals surface area contributed by atoms with Crippen molar-refractivity contribution in [3.8, 4) is 6.07 Å². The van der Waals surface area contributed by atoms with Crippen LogP contribution in [0.1, 0.15) is 5.69 Å².